The molecular weight excluding hydrogens is 347 g/mol. The summed E-state index contributed by atoms with van der Waals surface area (Å²) in [6.45, 7) is 0.162. The van der Waals surface area contributed by atoms with Crippen LogP contribution in [0.1, 0.15) is 22.1 Å². The van der Waals surface area contributed by atoms with Crippen molar-refractivity contribution in [2.24, 2.45) is 0 Å². The predicted octanol–water partition coefficient (Wildman–Crippen LogP) is 4.33. The van der Waals surface area contributed by atoms with Gasteiger partial charge in [0.25, 0.3) is 5.91 Å². The van der Waals surface area contributed by atoms with E-state index < -0.39 is 6.17 Å². The average Bonchev–Trinajstić information content (AvgIpc) is 3.16. The number of ether oxygens (including phenoxy) is 2. The number of halogens is 1. The Labute approximate surface area is 154 Å². The van der Waals surface area contributed by atoms with Crippen molar-refractivity contribution in [3.8, 4) is 11.5 Å². The van der Waals surface area contributed by atoms with Crippen molar-refractivity contribution in [2.75, 3.05) is 17.0 Å². The molecule has 1 N–H and O–H groups in total. The quantitative estimate of drug-likeness (QED) is 0.737. The first-order valence-corrected chi connectivity index (χ1v) is 8.55. The summed E-state index contributed by atoms with van der Waals surface area (Å²) in [5.74, 6) is 0.778. The van der Waals surface area contributed by atoms with Crippen LogP contribution in [0.15, 0.2) is 66.7 Å². The number of para-hydroxylation sites is 1. The van der Waals surface area contributed by atoms with E-state index in [1.165, 1.54) is 12.1 Å². The van der Waals surface area contributed by atoms with Crippen LogP contribution in [0.3, 0.4) is 0 Å². The van der Waals surface area contributed by atoms with Gasteiger partial charge in [-0.25, -0.2) is 4.39 Å². The third kappa shape index (κ3) is 2.57. The number of carbonyl (C=O) groups is 1. The van der Waals surface area contributed by atoms with Crippen LogP contribution in [-0.4, -0.2) is 12.7 Å². The van der Waals surface area contributed by atoms with Crippen molar-refractivity contribution in [1.82, 2.24) is 0 Å². The molecule has 5 rings (SSSR count). The van der Waals surface area contributed by atoms with Crippen LogP contribution < -0.4 is 19.7 Å². The molecule has 0 spiro atoms. The Morgan fingerprint density at radius 3 is 2.59 bits per heavy atom. The molecule has 0 fully saturated rings. The fraction of sp³-hybridized carbons (Fsp3) is 0.0952. The molecule has 134 valence electrons. The highest BCUT2D eigenvalue weighted by atomic mass is 19.1. The van der Waals surface area contributed by atoms with E-state index in [4.69, 9.17) is 9.47 Å². The molecule has 3 aromatic rings. The van der Waals surface area contributed by atoms with Crippen LogP contribution in [0.2, 0.25) is 0 Å². The van der Waals surface area contributed by atoms with Gasteiger partial charge < -0.3 is 14.8 Å². The number of amides is 1. The van der Waals surface area contributed by atoms with E-state index in [1.54, 1.807) is 35.2 Å². The summed E-state index contributed by atoms with van der Waals surface area (Å²) in [5.41, 5.74) is 2.76. The van der Waals surface area contributed by atoms with E-state index in [1.807, 2.05) is 24.3 Å². The number of anilines is 2. The number of nitrogens with zero attached hydrogens (tertiary/aromatic N) is 1. The first-order chi connectivity index (χ1) is 13.2. The van der Waals surface area contributed by atoms with Gasteiger partial charge in [0.2, 0.25) is 6.79 Å². The van der Waals surface area contributed by atoms with Crippen molar-refractivity contribution < 1.29 is 18.7 Å². The molecule has 0 aromatic heterocycles. The van der Waals surface area contributed by atoms with Gasteiger partial charge in [-0.2, -0.15) is 0 Å². The smallest absolute Gasteiger partial charge is 0.262 e. The van der Waals surface area contributed by atoms with Crippen LogP contribution in [0.25, 0.3) is 0 Å². The Morgan fingerprint density at radius 2 is 1.74 bits per heavy atom. The molecule has 2 aliphatic rings. The zero-order valence-electron chi connectivity index (χ0n) is 14.2. The van der Waals surface area contributed by atoms with Crippen LogP contribution >= 0.6 is 0 Å². The zero-order chi connectivity index (χ0) is 18.4. The minimum Gasteiger partial charge on any atom is -0.454 e. The topological polar surface area (TPSA) is 50.8 Å². The van der Waals surface area contributed by atoms with Gasteiger partial charge in [-0.15, -0.1) is 0 Å². The molecular formula is C21H15FN2O3. The molecule has 0 saturated carbocycles. The second-order valence-electron chi connectivity index (χ2n) is 6.36. The minimum atomic E-state index is -0.478. The number of nitrogens with one attached hydrogen (secondary N) is 1. The van der Waals surface area contributed by atoms with Crippen LogP contribution in [-0.2, 0) is 0 Å². The Balaban J connectivity index is 1.64. The van der Waals surface area contributed by atoms with Crippen molar-refractivity contribution in [2.45, 2.75) is 6.17 Å². The van der Waals surface area contributed by atoms with Gasteiger partial charge in [-0.1, -0.05) is 24.3 Å². The molecule has 1 atom stereocenters. The highest BCUT2D eigenvalue weighted by Gasteiger charge is 2.34. The van der Waals surface area contributed by atoms with Gasteiger partial charge in [-0.05, 0) is 42.0 Å². The van der Waals surface area contributed by atoms with Crippen molar-refractivity contribution >= 4 is 17.3 Å². The van der Waals surface area contributed by atoms with E-state index in [9.17, 15) is 9.18 Å². The molecule has 0 bridgehead atoms. The van der Waals surface area contributed by atoms with E-state index in [0.29, 0.717) is 22.7 Å². The maximum Gasteiger partial charge on any atom is 0.262 e. The lowest BCUT2D eigenvalue weighted by molar-refractivity contribution is 0.0975. The van der Waals surface area contributed by atoms with Crippen LogP contribution in [0.4, 0.5) is 15.8 Å². The van der Waals surface area contributed by atoms with E-state index in [-0.39, 0.29) is 18.5 Å². The number of benzene rings is 3. The standard InChI is InChI=1S/C21H15FN2O3/c22-14-7-5-13(6-8-14)20-23-17-4-2-1-3-16(17)21(25)24(20)15-9-10-18-19(11-15)27-12-26-18/h1-11,20,23H,12H2. The molecule has 27 heavy (non-hydrogen) atoms. The second kappa shape index (κ2) is 6.02. The summed E-state index contributed by atoms with van der Waals surface area (Å²) in [7, 11) is 0. The predicted molar refractivity (Wildman–Crippen MR) is 98.6 cm³/mol. The maximum absolute atomic E-state index is 13.4. The van der Waals surface area contributed by atoms with E-state index in [2.05, 4.69) is 5.32 Å². The van der Waals surface area contributed by atoms with Gasteiger partial charge in [0.15, 0.2) is 11.5 Å². The Hall–Kier alpha value is -3.54. The zero-order valence-corrected chi connectivity index (χ0v) is 14.2. The van der Waals surface area contributed by atoms with Crippen LogP contribution in [0, 0.1) is 5.82 Å². The van der Waals surface area contributed by atoms with Crippen molar-refractivity contribution in [3.05, 3.63) is 83.7 Å². The number of fused-ring (bicyclic) bond motifs is 2. The van der Waals surface area contributed by atoms with Gasteiger partial charge in [0.05, 0.1) is 11.3 Å². The SMILES string of the molecule is O=C1c2ccccc2NC(c2ccc(F)cc2)N1c1ccc2c(c1)OCO2. The largest absolute Gasteiger partial charge is 0.454 e. The molecule has 5 nitrogen and oxygen atoms in total. The first kappa shape index (κ1) is 15.7. The van der Waals surface area contributed by atoms with Gasteiger partial charge in [0.1, 0.15) is 12.0 Å². The first-order valence-electron chi connectivity index (χ1n) is 8.55. The molecule has 3 aromatic carbocycles. The molecule has 2 heterocycles. The third-order valence-corrected chi connectivity index (χ3v) is 4.75. The molecule has 0 aliphatic carbocycles. The Bertz CT molecular complexity index is 1040. The van der Waals surface area contributed by atoms with Gasteiger partial charge in [-0.3, -0.25) is 9.69 Å². The highest BCUT2D eigenvalue weighted by molar-refractivity contribution is 6.12. The van der Waals surface area contributed by atoms with Crippen molar-refractivity contribution in [3.63, 3.8) is 0 Å². The lowest BCUT2D eigenvalue weighted by Gasteiger charge is -2.38. The van der Waals surface area contributed by atoms with E-state index >= 15 is 0 Å². The van der Waals surface area contributed by atoms with Crippen molar-refractivity contribution in [1.29, 1.82) is 0 Å². The number of hydrogen-bond donors (Lipinski definition) is 1. The molecule has 0 saturated heterocycles. The number of hydrogen-bond acceptors (Lipinski definition) is 4. The molecule has 0 radical (unpaired) electrons. The summed E-state index contributed by atoms with van der Waals surface area (Å²) in [6.07, 6.45) is -0.478. The summed E-state index contributed by atoms with van der Waals surface area (Å²) in [4.78, 5) is 15.0. The molecule has 1 amide bonds. The Morgan fingerprint density at radius 1 is 0.963 bits per heavy atom. The van der Waals surface area contributed by atoms with E-state index in [0.717, 1.165) is 11.3 Å². The molecule has 1 unspecified atom stereocenters. The number of carbonyl (C=O) groups excluding carboxylic acids is 1. The molecule has 2 aliphatic heterocycles. The van der Waals surface area contributed by atoms with Gasteiger partial charge in [0, 0.05) is 11.8 Å². The van der Waals surface area contributed by atoms with Crippen LogP contribution in [0.5, 0.6) is 11.5 Å². The Kier molecular flexibility index (Phi) is 3.50. The summed E-state index contributed by atoms with van der Waals surface area (Å²) in [6, 6.07) is 18.9. The lowest BCUT2D eigenvalue weighted by Crippen LogP contribution is -2.43. The maximum atomic E-state index is 13.4. The summed E-state index contributed by atoms with van der Waals surface area (Å²) >= 11 is 0. The average molecular weight is 362 g/mol. The fourth-order valence-corrected chi connectivity index (χ4v) is 3.43. The summed E-state index contributed by atoms with van der Waals surface area (Å²) in [5, 5.41) is 3.39. The lowest BCUT2D eigenvalue weighted by atomic mass is 10.0. The fourth-order valence-electron chi connectivity index (χ4n) is 3.43. The normalized spacial score (nSPS) is 17.4. The minimum absolute atomic E-state index is 0.141. The number of rotatable bonds is 2. The molecule has 6 heteroatoms. The van der Waals surface area contributed by atoms with Gasteiger partial charge >= 0.3 is 0 Å². The monoisotopic (exact) mass is 362 g/mol. The highest BCUT2D eigenvalue weighted by Crippen LogP contribution is 2.41. The second-order valence-corrected chi connectivity index (χ2v) is 6.36. The summed E-state index contributed by atoms with van der Waals surface area (Å²) < 4.78 is 24.2. The third-order valence-electron chi connectivity index (χ3n) is 4.75.